The van der Waals surface area contributed by atoms with E-state index in [-0.39, 0.29) is 23.8 Å². The number of fused-ring (bicyclic) bond motifs is 1. The number of pyridine rings is 1. The molecule has 0 aliphatic carbocycles. The molecule has 1 fully saturated rings. The molecule has 0 bridgehead atoms. The fourth-order valence-electron chi connectivity index (χ4n) is 3.64. The van der Waals surface area contributed by atoms with Crippen LogP contribution in [0.5, 0.6) is 11.6 Å². The van der Waals surface area contributed by atoms with E-state index < -0.39 is 35.5 Å². The first-order valence-electron chi connectivity index (χ1n) is 10.3. The van der Waals surface area contributed by atoms with Crippen LogP contribution in [0.25, 0.3) is 10.8 Å². The molecule has 0 saturated carbocycles. The average Bonchev–Trinajstić information content (AvgIpc) is 3.01. The number of benzene rings is 1. The van der Waals surface area contributed by atoms with E-state index in [4.69, 9.17) is 20.9 Å². The summed E-state index contributed by atoms with van der Waals surface area (Å²) in [7, 11) is 1.42. The molecule has 0 radical (unpaired) electrons. The van der Waals surface area contributed by atoms with Gasteiger partial charge in [0.05, 0.1) is 29.8 Å². The Morgan fingerprint density at radius 1 is 1.34 bits per heavy atom. The lowest BCUT2D eigenvalue weighted by Gasteiger charge is -2.19. The molecule has 1 aromatic carbocycles. The Labute approximate surface area is 185 Å². The zero-order valence-corrected chi connectivity index (χ0v) is 18.5. The third kappa shape index (κ3) is 4.75. The molecule has 170 valence electrons. The number of nitrogens with one attached hydrogen (secondary N) is 1. The van der Waals surface area contributed by atoms with Crippen LogP contribution in [0.1, 0.15) is 43.1 Å². The summed E-state index contributed by atoms with van der Waals surface area (Å²) in [5, 5.41) is 3.74. The number of aromatic nitrogens is 1. The molecule has 3 atom stereocenters. The number of carbonyl (C=O) groups excluding carboxylic acids is 2. The van der Waals surface area contributed by atoms with Crippen molar-refractivity contribution in [2.45, 2.75) is 44.9 Å². The number of nitrogens with zero attached hydrogens (tertiary/aromatic N) is 1. The van der Waals surface area contributed by atoms with Crippen molar-refractivity contribution >= 4 is 22.6 Å². The SMILES string of the molecule is CC[C@@H]1[C@H](F)C(=O)N[C@@H]1COc1ncc(C#CC(C)(C)N)c2cc(C(N)=O)c(OC)cc12. The minimum Gasteiger partial charge on any atom is -0.496 e. The molecular formula is C23H27FN4O4. The second-order valence-electron chi connectivity index (χ2n) is 8.31. The van der Waals surface area contributed by atoms with Crippen molar-refractivity contribution < 1.29 is 23.5 Å². The molecule has 8 nitrogen and oxygen atoms in total. The molecule has 9 heteroatoms. The van der Waals surface area contributed by atoms with Gasteiger partial charge in [-0.1, -0.05) is 18.8 Å². The maximum atomic E-state index is 14.1. The Morgan fingerprint density at radius 2 is 2.06 bits per heavy atom. The zero-order valence-electron chi connectivity index (χ0n) is 18.5. The van der Waals surface area contributed by atoms with Gasteiger partial charge in [-0.2, -0.15) is 0 Å². The van der Waals surface area contributed by atoms with Gasteiger partial charge in [0.25, 0.3) is 11.8 Å². The zero-order chi connectivity index (χ0) is 23.6. The predicted molar refractivity (Wildman–Crippen MR) is 118 cm³/mol. The molecule has 2 aromatic rings. The van der Waals surface area contributed by atoms with Crippen molar-refractivity contribution in [3.8, 4) is 23.5 Å². The third-order valence-corrected chi connectivity index (χ3v) is 5.30. The highest BCUT2D eigenvalue weighted by molar-refractivity contribution is 6.03. The maximum Gasteiger partial charge on any atom is 0.255 e. The van der Waals surface area contributed by atoms with Crippen molar-refractivity contribution in [2.75, 3.05) is 13.7 Å². The van der Waals surface area contributed by atoms with Crippen molar-refractivity contribution in [1.82, 2.24) is 10.3 Å². The Kier molecular flexibility index (Phi) is 6.55. The van der Waals surface area contributed by atoms with Crippen molar-refractivity contribution in [3.63, 3.8) is 0 Å². The minimum absolute atomic E-state index is 0.0352. The molecule has 5 N–H and O–H groups in total. The van der Waals surface area contributed by atoms with Gasteiger partial charge in [0, 0.05) is 22.9 Å². The van der Waals surface area contributed by atoms with Gasteiger partial charge in [0.1, 0.15) is 12.4 Å². The average molecular weight is 442 g/mol. The highest BCUT2D eigenvalue weighted by Crippen LogP contribution is 2.33. The number of hydrogen-bond acceptors (Lipinski definition) is 6. The summed E-state index contributed by atoms with van der Waals surface area (Å²) in [6, 6.07) is 2.69. The van der Waals surface area contributed by atoms with Crippen LogP contribution in [-0.2, 0) is 4.79 Å². The molecule has 32 heavy (non-hydrogen) atoms. The van der Waals surface area contributed by atoms with E-state index in [1.807, 2.05) is 6.92 Å². The number of methoxy groups -OCH3 is 1. The first-order valence-corrected chi connectivity index (χ1v) is 10.3. The van der Waals surface area contributed by atoms with Crippen molar-refractivity contribution in [2.24, 2.45) is 17.4 Å². The van der Waals surface area contributed by atoms with E-state index in [2.05, 4.69) is 22.1 Å². The summed E-state index contributed by atoms with van der Waals surface area (Å²) >= 11 is 0. The molecule has 0 spiro atoms. The quantitative estimate of drug-likeness (QED) is 0.584. The number of amides is 2. The lowest BCUT2D eigenvalue weighted by atomic mass is 9.97. The summed E-state index contributed by atoms with van der Waals surface area (Å²) in [5.41, 5.74) is 11.5. The number of hydrogen-bond donors (Lipinski definition) is 3. The molecular weight excluding hydrogens is 415 g/mol. The molecule has 1 aliphatic heterocycles. The fourth-order valence-corrected chi connectivity index (χ4v) is 3.64. The van der Waals surface area contributed by atoms with Crippen LogP contribution in [0, 0.1) is 17.8 Å². The van der Waals surface area contributed by atoms with Crippen LogP contribution < -0.4 is 26.3 Å². The van der Waals surface area contributed by atoms with Gasteiger partial charge < -0.3 is 26.3 Å². The number of alkyl halides is 1. The van der Waals surface area contributed by atoms with E-state index in [0.717, 1.165) is 0 Å². The first-order chi connectivity index (χ1) is 15.1. The predicted octanol–water partition coefficient (Wildman–Crippen LogP) is 1.67. The van der Waals surface area contributed by atoms with Gasteiger partial charge in [0.2, 0.25) is 5.88 Å². The third-order valence-electron chi connectivity index (χ3n) is 5.30. The van der Waals surface area contributed by atoms with Gasteiger partial charge in [-0.15, -0.1) is 0 Å². The largest absolute Gasteiger partial charge is 0.496 e. The molecule has 2 heterocycles. The van der Waals surface area contributed by atoms with E-state index in [9.17, 15) is 14.0 Å². The topological polar surface area (TPSA) is 130 Å². The summed E-state index contributed by atoms with van der Waals surface area (Å²) < 4.78 is 25.3. The monoisotopic (exact) mass is 442 g/mol. The smallest absolute Gasteiger partial charge is 0.255 e. The highest BCUT2D eigenvalue weighted by atomic mass is 19.1. The summed E-state index contributed by atoms with van der Waals surface area (Å²) in [6.45, 7) is 5.39. The molecule has 1 aliphatic rings. The Morgan fingerprint density at radius 3 is 2.66 bits per heavy atom. The highest BCUT2D eigenvalue weighted by Gasteiger charge is 2.41. The van der Waals surface area contributed by atoms with E-state index >= 15 is 0 Å². The summed E-state index contributed by atoms with van der Waals surface area (Å²) in [4.78, 5) is 28.0. The van der Waals surface area contributed by atoms with Crippen LogP contribution in [0.15, 0.2) is 18.3 Å². The van der Waals surface area contributed by atoms with E-state index in [0.29, 0.717) is 22.8 Å². The van der Waals surface area contributed by atoms with Gasteiger partial charge in [-0.25, -0.2) is 9.37 Å². The fraction of sp³-hybridized carbons (Fsp3) is 0.435. The van der Waals surface area contributed by atoms with E-state index in [1.54, 1.807) is 26.0 Å². The number of ether oxygens (including phenoxy) is 2. The van der Waals surface area contributed by atoms with Crippen LogP contribution in [-0.4, -0.2) is 48.3 Å². The Hall–Kier alpha value is -3.38. The molecule has 2 amide bonds. The van der Waals surface area contributed by atoms with E-state index in [1.165, 1.54) is 13.3 Å². The molecule has 0 unspecified atom stereocenters. The Bertz CT molecular complexity index is 1120. The van der Waals surface area contributed by atoms with Crippen molar-refractivity contribution in [1.29, 1.82) is 0 Å². The summed E-state index contributed by atoms with van der Waals surface area (Å²) in [6.07, 6.45) is 0.436. The lowest BCUT2D eigenvalue weighted by molar-refractivity contribution is -0.123. The summed E-state index contributed by atoms with van der Waals surface area (Å²) in [5.74, 6) is 4.64. The first kappa shape index (κ1) is 23.3. The van der Waals surface area contributed by atoms with Crippen molar-refractivity contribution in [3.05, 3.63) is 29.5 Å². The Balaban J connectivity index is 2.06. The van der Waals surface area contributed by atoms with Gasteiger partial charge >= 0.3 is 0 Å². The van der Waals surface area contributed by atoms with Crippen LogP contribution in [0.4, 0.5) is 4.39 Å². The molecule has 1 saturated heterocycles. The van der Waals surface area contributed by atoms with Gasteiger partial charge in [-0.05, 0) is 32.4 Å². The number of halogens is 1. The van der Waals surface area contributed by atoms with Gasteiger partial charge in [0.15, 0.2) is 6.17 Å². The van der Waals surface area contributed by atoms with Gasteiger partial charge in [-0.3, -0.25) is 9.59 Å². The minimum atomic E-state index is -1.56. The van der Waals surface area contributed by atoms with Crippen LogP contribution in [0.3, 0.4) is 0 Å². The lowest BCUT2D eigenvalue weighted by Crippen LogP contribution is -2.34. The standard InChI is InChI=1S/C23H27FN4O4/c1-5-13-17(28-21(30)19(13)24)11-32-22-15-9-18(31-4)16(20(25)29)8-14(15)12(10-27-22)6-7-23(2,3)26/h8-10,13,17,19H,5,11,26H2,1-4H3,(H2,25,29)(H,28,30)/t13-,17+,19-/m0/s1. The van der Waals surface area contributed by atoms with Crippen LogP contribution in [0.2, 0.25) is 0 Å². The van der Waals surface area contributed by atoms with Crippen LogP contribution >= 0.6 is 0 Å². The molecule has 1 aromatic heterocycles. The second kappa shape index (κ2) is 9.01. The maximum absolute atomic E-state index is 14.1. The number of carbonyl (C=O) groups is 2. The molecule has 3 rings (SSSR count). The number of rotatable bonds is 6. The normalized spacial score (nSPS) is 20.4. The number of primary amides is 1. The number of nitrogens with two attached hydrogens (primary N) is 2. The second-order valence-corrected chi connectivity index (χ2v) is 8.31.